The highest BCUT2D eigenvalue weighted by atomic mass is 16.5. The van der Waals surface area contributed by atoms with Crippen LogP contribution in [0.4, 0.5) is 0 Å². The minimum atomic E-state index is 0.122. The molecular formula is C16H30N2O5. The molecule has 0 aliphatic carbocycles. The van der Waals surface area contributed by atoms with E-state index in [1.54, 1.807) is 20.3 Å². The van der Waals surface area contributed by atoms with Crippen LogP contribution in [0.3, 0.4) is 0 Å². The molecule has 134 valence electrons. The van der Waals surface area contributed by atoms with Crippen molar-refractivity contribution < 1.29 is 24.1 Å². The summed E-state index contributed by atoms with van der Waals surface area (Å²) in [7, 11) is 3.17. The molecular weight excluding hydrogens is 300 g/mol. The summed E-state index contributed by atoms with van der Waals surface area (Å²) in [6, 6.07) is 3.67. The van der Waals surface area contributed by atoms with E-state index in [9.17, 15) is 0 Å². The van der Waals surface area contributed by atoms with E-state index in [1.807, 2.05) is 6.07 Å². The molecule has 0 aromatic carbocycles. The van der Waals surface area contributed by atoms with E-state index < -0.39 is 0 Å². The van der Waals surface area contributed by atoms with Gasteiger partial charge in [0.2, 0.25) is 0 Å². The second-order valence-corrected chi connectivity index (χ2v) is 3.88. The molecule has 0 radical (unpaired) electrons. The van der Waals surface area contributed by atoms with E-state index >= 15 is 0 Å². The van der Waals surface area contributed by atoms with Gasteiger partial charge in [-0.1, -0.05) is 6.58 Å². The van der Waals surface area contributed by atoms with Crippen LogP contribution in [-0.4, -0.2) is 65.6 Å². The van der Waals surface area contributed by atoms with Gasteiger partial charge in [0, 0.05) is 33.5 Å². The van der Waals surface area contributed by atoms with Gasteiger partial charge in [0.15, 0.2) is 0 Å². The maximum atomic E-state index is 8.06. The summed E-state index contributed by atoms with van der Waals surface area (Å²) in [5.74, 6) is 0. The number of allylic oxidation sites excluding steroid dienone is 1. The SMILES string of the molecule is C1CCOC1.C=CC#N.COCCO.COCCOCCC#N. The molecule has 23 heavy (non-hydrogen) atoms. The van der Waals surface area contributed by atoms with Crippen molar-refractivity contribution in [2.24, 2.45) is 0 Å². The Kier molecular flexibility index (Phi) is 37.3. The number of aliphatic hydroxyl groups excluding tert-OH is 1. The number of methoxy groups -OCH3 is 2. The lowest BCUT2D eigenvalue weighted by Gasteiger charge is -1.97. The van der Waals surface area contributed by atoms with E-state index in [2.05, 4.69) is 11.3 Å². The molecule has 1 saturated heterocycles. The number of aliphatic hydroxyl groups is 1. The molecule has 0 bridgehead atoms. The number of hydrogen-bond donors (Lipinski definition) is 1. The molecule has 0 amide bonds. The Morgan fingerprint density at radius 3 is 1.91 bits per heavy atom. The van der Waals surface area contributed by atoms with E-state index in [1.165, 1.54) is 18.9 Å². The van der Waals surface area contributed by atoms with Crippen molar-refractivity contribution in [3.05, 3.63) is 12.7 Å². The molecule has 1 fully saturated rings. The van der Waals surface area contributed by atoms with Gasteiger partial charge < -0.3 is 24.1 Å². The molecule has 7 heteroatoms. The summed E-state index contributed by atoms with van der Waals surface area (Å²) < 4.78 is 19.1. The molecule has 1 N–H and O–H groups in total. The van der Waals surface area contributed by atoms with Gasteiger partial charge in [0.05, 0.1) is 51.6 Å². The predicted molar refractivity (Wildman–Crippen MR) is 87.7 cm³/mol. The standard InChI is InChI=1S/C6H11NO2.C4H8O.C3H3N.C3H8O2/c1-8-5-6-9-4-2-3-7;1-2-4-5-3-1;1-2-3-4;1-5-3-2-4/h2,4-6H2,1H3;1-4H2;2H,1H2;4H,2-3H2,1H3. The fraction of sp³-hybridized carbons (Fsp3) is 0.750. The minimum absolute atomic E-state index is 0.122. The van der Waals surface area contributed by atoms with Crippen molar-refractivity contribution in [2.45, 2.75) is 19.3 Å². The fourth-order valence-electron chi connectivity index (χ4n) is 0.964. The molecule has 0 aromatic heterocycles. The summed E-state index contributed by atoms with van der Waals surface area (Å²) in [5, 5.41) is 23.5. The zero-order chi connectivity index (χ0) is 18.0. The first-order chi connectivity index (χ1) is 11.2. The van der Waals surface area contributed by atoms with Crippen molar-refractivity contribution in [1.82, 2.24) is 0 Å². The topological polar surface area (TPSA) is 105 Å². The van der Waals surface area contributed by atoms with Gasteiger partial charge >= 0.3 is 0 Å². The van der Waals surface area contributed by atoms with Crippen LogP contribution in [0.25, 0.3) is 0 Å². The zero-order valence-electron chi connectivity index (χ0n) is 14.3. The average molecular weight is 330 g/mol. The van der Waals surface area contributed by atoms with Crippen molar-refractivity contribution in [2.75, 3.05) is 60.5 Å². The first-order valence-corrected chi connectivity index (χ1v) is 7.36. The molecule has 7 nitrogen and oxygen atoms in total. The van der Waals surface area contributed by atoms with Crippen molar-refractivity contribution in [3.63, 3.8) is 0 Å². The monoisotopic (exact) mass is 330 g/mol. The van der Waals surface area contributed by atoms with Crippen LogP contribution in [0.2, 0.25) is 0 Å². The summed E-state index contributed by atoms with van der Waals surface area (Å²) in [6.45, 7) is 7.38. The first kappa shape index (κ1) is 26.4. The molecule has 0 aromatic rings. The van der Waals surface area contributed by atoms with Gasteiger partial charge in [-0.25, -0.2) is 0 Å². The van der Waals surface area contributed by atoms with E-state index in [-0.39, 0.29) is 6.61 Å². The van der Waals surface area contributed by atoms with Crippen LogP contribution in [0.5, 0.6) is 0 Å². The lowest BCUT2D eigenvalue weighted by atomic mass is 10.4. The van der Waals surface area contributed by atoms with Gasteiger partial charge in [-0.05, 0) is 12.8 Å². The van der Waals surface area contributed by atoms with E-state index in [0.29, 0.717) is 32.8 Å². The number of rotatable bonds is 7. The molecule has 0 saturated carbocycles. The smallest absolute Gasteiger partial charge is 0.0905 e. The van der Waals surface area contributed by atoms with Crippen LogP contribution in [0.15, 0.2) is 12.7 Å². The van der Waals surface area contributed by atoms with Crippen LogP contribution in [-0.2, 0) is 18.9 Å². The Labute approximate surface area is 140 Å². The maximum Gasteiger partial charge on any atom is 0.0905 e. The number of nitrogens with zero attached hydrogens (tertiary/aromatic N) is 2. The summed E-state index contributed by atoms with van der Waals surface area (Å²) in [5.41, 5.74) is 0. The van der Waals surface area contributed by atoms with Crippen LogP contribution in [0.1, 0.15) is 19.3 Å². The van der Waals surface area contributed by atoms with Gasteiger partial charge in [-0.2, -0.15) is 10.5 Å². The fourth-order valence-corrected chi connectivity index (χ4v) is 0.964. The molecule has 1 heterocycles. The normalized spacial score (nSPS) is 11.2. The van der Waals surface area contributed by atoms with Crippen molar-refractivity contribution in [3.8, 4) is 12.1 Å². The minimum Gasteiger partial charge on any atom is -0.394 e. The zero-order valence-corrected chi connectivity index (χ0v) is 14.3. The molecule has 1 rings (SSSR count). The van der Waals surface area contributed by atoms with Crippen molar-refractivity contribution >= 4 is 0 Å². The van der Waals surface area contributed by atoms with Gasteiger partial charge in [0.25, 0.3) is 0 Å². The third-order valence-corrected chi connectivity index (χ3v) is 2.00. The van der Waals surface area contributed by atoms with Crippen molar-refractivity contribution in [1.29, 1.82) is 10.5 Å². The van der Waals surface area contributed by atoms with Crippen LogP contribution >= 0.6 is 0 Å². The second kappa shape index (κ2) is 32.5. The Hall–Kier alpha value is -1.48. The third kappa shape index (κ3) is 44.9. The summed E-state index contributed by atoms with van der Waals surface area (Å²) in [4.78, 5) is 0. The van der Waals surface area contributed by atoms with Gasteiger partial charge in [0.1, 0.15) is 0 Å². The quantitative estimate of drug-likeness (QED) is 0.559. The second-order valence-electron chi connectivity index (χ2n) is 3.88. The number of ether oxygens (including phenoxy) is 4. The Morgan fingerprint density at radius 2 is 1.65 bits per heavy atom. The first-order valence-electron chi connectivity index (χ1n) is 7.36. The lowest BCUT2D eigenvalue weighted by molar-refractivity contribution is 0.0735. The lowest BCUT2D eigenvalue weighted by Crippen LogP contribution is -2.02. The molecule has 0 atom stereocenters. The molecule has 0 spiro atoms. The highest BCUT2D eigenvalue weighted by molar-refractivity contribution is 4.93. The number of hydrogen-bond acceptors (Lipinski definition) is 7. The van der Waals surface area contributed by atoms with E-state index in [4.69, 9.17) is 29.8 Å². The largest absolute Gasteiger partial charge is 0.394 e. The van der Waals surface area contributed by atoms with Gasteiger partial charge in [-0.3, -0.25) is 0 Å². The Morgan fingerprint density at radius 1 is 1.09 bits per heavy atom. The summed E-state index contributed by atoms with van der Waals surface area (Å²) in [6.07, 6.45) is 4.20. The highest BCUT2D eigenvalue weighted by Gasteiger charge is 1.94. The van der Waals surface area contributed by atoms with E-state index in [0.717, 1.165) is 13.2 Å². The Balaban J connectivity index is -0.000000246. The number of nitriles is 2. The highest BCUT2D eigenvalue weighted by Crippen LogP contribution is 1.98. The predicted octanol–water partition coefficient (Wildman–Crippen LogP) is 1.68. The summed E-state index contributed by atoms with van der Waals surface area (Å²) >= 11 is 0. The molecule has 1 aliphatic heterocycles. The average Bonchev–Trinajstić information content (AvgIpc) is 3.16. The molecule has 1 aliphatic rings. The molecule has 0 unspecified atom stereocenters. The van der Waals surface area contributed by atoms with Gasteiger partial charge in [-0.15, -0.1) is 0 Å². The Bertz CT molecular complexity index is 274. The maximum absolute atomic E-state index is 8.06. The third-order valence-electron chi connectivity index (χ3n) is 2.00. The van der Waals surface area contributed by atoms with Crippen LogP contribution < -0.4 is 0 Å². The van der Waals surface area contributed by atoms with Crippen LogP contribution in [0, 0.1) is 22.7 Å².